The Hall–Kier alpha value is -2.17. The highest BCUT2D eigenvalue weighted by molar-refractivity contribution is 5.22. The van der Waals surface area contributed by atoms with E-state index in [2.05, 4.69) is 15.0 Å². The van der Waals surface area contributed by atoms with Crippen molar-refractivity contribution in [3.05, 3.63) is 42.0 Å². The van der Waals surface area contributed by atoms with Crippen molar-refractivity contribution in [1.29, 1.82) is 0 Å². The molecule has 1 aromatic carbocycles. The monoisotopic (exact) mass is 242 g/mol. The minimum absolute atomic E-state index is 0.276. The van der Waals surface area contributed by atoms with Crippen LogP contribution in [0.5, 0.6) is 5.75 Å². The first kappa shape index (κ1) is 11.0. The maximum Gasteiger partial charge on any atom is 0.223 e. The molecule has 3 rings (SSSR count). The number of hydrogen-bond donors (Lipinski definition) is 1. The van der Waals surface area contributed by atoms with Gasteiger partial charge in [0, 0.05) is 5.92 Å². The van der Waals surface area contributed by atoms with E-state index in [1.807, 2.05) is 30.3 Å². The zero-order chi connectivity index (χ0) is 12.4. The van der Waals surface area contributed by atoms with Gasteiger partial charge in [0.15, 0.2) is 5.82 Å². The summed E-state index contributed by atoms with van der Waals surface area (Å²) in [6.45, 7) is 0.316. The van der Waals surface area contributed by atoms with Gasteiger partial charge in [0.1, 0.15) is 18.2 Å². The molecule has 1 saturated carbocycles. The third kappa shape index (κ3) is 2.56. The lowest BCUT2D eigenvalue weighted by Crippen LogP contribution is -2.09. The predicted octanol–water partition coefficient (Wildman–Crippen LogP) is 1.91. The van der Waals surface area contributed by atoms with E-state index in [9.17, 15) is 0 Å². The minimum atomic E-state index is 0.276. The molecule has 5 heteroatoms. The van der Waals surface area contributed by atoms with Crippen LogP contribution in [0, 0.1) is 0 Å². The van der Waals surface area contributed by atoms with Crippen LogP contribution in [-0.4, -0.2) is 15.0 Å². The molecule has 0 unspecified atom stereocenters. The number of nitrogens with two attached hydrogens (primary N) is 1. The first-order valence-electron chi connectivity index (χ1n) is 5.99. The minimum Gasteiger partial charge on any atom is -0.486 e. The molecular formula is C13H14N4O. The molecular weight excluding hydrogens is 228 g/mol. The lowest BCUT2D eigenvalue weighted by atomic mass is 10.3. The molecule has 0 saturated heterocycles. The Kier molecular flexibility index (Phi) is 2.80. The number of benzene rings is 1. The number of ether oxygens (including phenoxy) is 1. The maximum atomic E-state index is 5.68. The van der Waals surface area contributed by atoms with Crippen LogP contribution in [0.25, 0.3) is 0 Å². The highest BCUT2D eigenvalue weighted by atomic mass is 16.5. The summed E-state index contributed by atoms with van der Waals surface area (Å²) in [6.07, 6.45) is 2.28. The normalized spacial score (nSPS) is 14.4. The fraction of sp³-hybridized carbons (Fsp3) is 0.308. The molecule has 5 nitrogen and oxygen atoms in total. The van der Waals surface area contributed by atoms with Gasteiger partial charge in [-0.05, 0) is 25.0 Å². The second-order valence-corrected chi connectivity index (χ2v) is 4.34. The molecule has 1 fully saturated rings. The Bertz CT molecular complexity index is 540. The number of para-hydroxylation sites is 1. The molecule has 0 aliphatic heterocycles. The largest absolute Gasteiger partial charge is 0.486 e. The Morgan fingerprint density at radius 3 is 2.61 bits per heavy atom. The summed E-state index contributed by atoms with van der Waals surface area (Å²) in [7, 11) is 0. The van der Waals surface area contributed by atoms with E-state index < -0.39 is 0 Å². The summed E-state index contributed by atoms with van der Waals surface area (Å²) in [5.74, 6) is 2.93. The van der Waals surface area contributed by atoms with Gasteiger partial charge in [-0.1, -0.05) is 18.2 Å². The van der Waals surface area contributed by atoms with Crippen molar-refractivity contribution in [2.24, 2.45) is 0 Å². The van der Waals surface area contributed by atoms with E-state index in [0.29, 0.717) is 18.3 Å². The van der Waals surface area contributed by atoms with Crippen molar-refractivity contribution >= 4 is 5.95 Å². The van der Waals surface area contributed by atoms with E-state index >= 15 is 0 Å². The molecule has 92 valence electrons. The van der Waals surface area contributed by atoms with Gasteiger partial charge in [0.05, 0.1) is 0 Å². The standard InChI is InChI=1S/C13H14N4O/c14-13-16-11(15-12(17-13)9-6-7-9)8-18-10-4-2-1-3-5-10/h1-5,9H,6-8H2,(H2,14,15,16,17). The maximum absolute atomic E-state index is 5.68. The van der Waals surface area contributed by atoms with Gasteiger partial charge in [-0.3, -0.25) is 0 Å². The van der Waals surface area contributed by atoms with Crippen LogP contribution >= 0.6 is 0 Å². The van der Waals surface area contributed by atoms with Crippen molar-refractivity contribution in [3.8, 4) is 5.75 Å². The van der Waals surface area contributed by atoms with E-state index in [1.165, 1.54) is 0 Å². The fourth-order valence-electron chi connectivity index (χ4n) is 1.71. The summed E-state index contributed by atoms with van der Waals surface area (Å²) in [5, 5.41) is 0. The fourth-order valence-corrected chi connectivity index (χ4v) is 1.71. The lowest BCUT2D eigenvalue weighted by molar-refractivity contribution is 0.295. The van der Waals surface area contributed by atoms with Gasteiger partial charge in [-0.25, -0.2) is 4.98 Å². The highest BCUT2D eigenvalue weighted by Gasteiger charge is 2.27. The molecule has 0 spiro atoms. The number of nitrogens with zero attached hydrogens (tertiary/aromatic N) is 3. The number of rotatable bonds is 4. The molecule has 18 heavy (non-hydrogen) atoms. The Balaban J connectivity index is 1.72. The quantitative estimate of drug-likeness (QED) is 0.886. The summed E-state index contributed by atoms with van der Waals surface area (Å²) in [5.41, 5.74) is 5.68. The van der Waals surface area contributed by atoms with Gasteiger partial charge in [0.2, 0.25) is 5.95 Å². The van der Waals surface area contributed by atoms with Crippen molar-refractivity contribution in [2.75, 3.05) is 5.73 Å². The van der Waals surface area contributed by atoms with Crippen LogP contribution in [0.1, 0.15) is 30.4 Å². The van der Waals surface area contributed by atoms with Crippen LogP contribution in [0.3, 0.4) is 0 Å². The van der Waals surface area contributed by atoms with Crippen LogP contribution in [0.4, 0.5) is 5.95 Å². The van der Waals surface area contributed by atoms with Gasteiger partial charge in [-0.2, -0.15) is 9.97 Å². The van der Waals surface area contributed by atoms with Gasteiger partial charge in [0.25, 0.3) is 0 Å². The van der Waals surface area contributed by atoms with E-state index in [0.717, 1.165) is 24.4 Å². The van der Waals surface area contributed by atoms with Crippen LogP contribution in [-0.2, 0) is 6.61 Å². The summed E-state index contributed by atoms with van der Waals surface area (Å²) < 4.78 is 5.59. The van der Waals surface area contributed by atoms with Crippen molar-refractivity contribution in [1.82, 2.24) is 15.0 Å². The highest BCUT2D eigenvalue weighted by Crippen LogP contribution is 2.38. The Morgan fingerprint density at radius 2 is 1.89 bits per heavy atom. The number of aromatic nitrogens is 3. The van der Waals surface area contributed by atoms with Crippen molar-refractivity contribution in [3.63, 3.8) is 0 Å². The molecule has 0 radical (unpaired) electrons. The Morgan fingerprint density at radius 1 is 1.11 bits per heavy atom. The van der Waals surface area contributed by atoms with Gasteiger partial charge < -0.3 is 10.5 Å². The predicted molar refractivity (Wildman–Crippen MR) is 67.0 cm³/mol. The average Bonchev–Trinajstić information content (AvgIpc) is 3.21. The second-order valence-electron chi connectivity index (χ2n) is 4.34. The average molecular weight is 242 g/mol. The summed E-state index contributed by atoms with van der Waals surface area (Å²) in [6, 6.07) is 9.58. The number of nitrogen functional groups attached to an aromatic ring is 1. The molecule has 0 bridgehead atoms. The molecule has 1 aliphatic rings. The van der Waals surface area contributed by atoms with Gasteiger partial charge in [-0.15, -0.1) is 0 Å². The Labute approximate surface area is 105 Å². The van der Waals surface area contributed by atoms with Gasteiger partial charge >= 0.3 is 0 Å². The zero-order valence-electron chi connectivity index (χ0n) is 9.91. The van der Waals surface area contributed by atoms with E-state index in [4.69, 9.17) is 10.5 Å². The molecule has 1 heterocycles. The second kappa shape index (κ2) is 4.60. The number of anilines is 1. The first-order chi connectivity index (χ1) is 8.81. The molecule has 2 aromatic rings. The summed E-state index contributed by atoms with van der Waals surface area (Å²) >= 11 is 0. The van der Waals surface area contributed by atoms with Crippen molar-refractivity contribution in [2.45, 2.75) is 25.4 Å². The van der Waals surface area contributed by atoms with Crippen LogP contribution in [0.15, 0.2) is 30.3 Å². The molecule has 0 atom stereocenters. The molecule has 0 amide bonds. The number of hydrogen-bond acceptors (Lipinski definition) is 5. The van der Waals surface area contributed by atoms with E-state index in [-0.39, 0.29) is 5.95 Å². The third-order valence-corrected chi connectivity index (χ3v) is 2.77. The van der Waals surface area contributed by atoms with Crippen molar-refractivity contribution < 1.29 is 4.74 Å². The molecule has 1 aliphatic carbocycles. The summed E-state index contributed by atoms with van der Waals surface area (Å²) in [4.78, 5) is 12.6. The molecule has 1 aromatic heterocycles. The van der Waals surface area contributed by atoms with E-state index in [1.54, 1.807) is 0 Å². The first-order valence-corrected chi connectivity index (χ1v) is 5.99. The smallest absolute Gasteiger partial charge is 0.223 e. The third-order valence-electron chi connectivity index (χ3n) is 2.77. The SMILES string of the molecule is Nc1nc(COc2ccccc2)nc(C2CC2)n1. The lowest BCUT2D eigenvalue weighted by Gasteiger charge is -2.06. The molecule has 2 N–H and O–H groups in total. The van der Waals surface area contributed by atoms with Crippen LogP contribution in [0.2, 0.25) is 0 Å². The topological polar surface area (TPSA) is 73.9 Å². The zero-order valence-corrected chi connectivity index (χ0v) is 9.91. The van der Waals surface area contributed by atoms with Crippen LogP contribution < -0.4 is 10.5 Å².